The number of ether oxygens (including phenoxy) is 1. The Labute approximate surface area is 140 Å². The number of hydrogen-bond donors (Lipinski definition) is 1. The van der Waals surface area contributed by atoms with Crippen LogP contribution in [0.25, 0.3) is 0 Å². The van der Waals surface area contributed by atoms with Gasteiger partial charge in [0.25, 0.3) is 0 Å². The lowest BCUT2D eigenvalue weighted by Gasteiger charge is -2.48. The highest BCUT2D eigenvalue weighted by molar-refractivity contribution is 7.85. The summed E-state index contributed by atoms with van der Waals surface area (Å²) in [5.74, 6) is 1.85. The highest BCUT2D eigenvalue weighted by Gasteiger charge is 2.58. The zero-order valence-corrected chi connectivity index (χ0v) is 14.3. The van der Waals surface area contributed by atoms with Crippen LogP contribution in [0.5, 0.6) is 5.75 Å². The van der Waals surface area contributed by atoms with Crippen LogP contribution in [0.15, 0.2) is 30.9 Å². The molecule has 3 nitrogen and oxygen atoms in total. The second-order valence-corrected chi connectivity index (χ2v) is 8.79. The predicted octanol–water partition coefficient (Wildman–Crippen LogP) is 3.00. The fourth-order valence-electron chi connectivity index (χ4n) is 5.22. The Kier molecular flexibility index (Phi) is 3.65. The van der Waals surface area contributed by atoms with Gasteiger partial charge in [0.15, 0.2) is 0 Å². The van der Waals surface area contributed by atoms with Crippen molar-refractivity contribution in [3.05, 3.63) is 42.0 Å². The van der Waals surface area contributed by atoms with E-state index >= 15 is 0 Å². The third kappa shape index (κ3) is 2.14. The molecule has 6 atom stereocenters. The third-order valence-electron chi connectivity index (χ3n) is 6.33. The molecule has 2 aliphatic carbocycles. The van der Waals surface area contributed by atoms with Gasteiger partial charge in [0.2, 0.25) is 0 Å². The Bertz CT molecular complexity index is 671. The van der Waals surface area contributed by atoms with E-state index in [1.807, 2.05) is 12.1 Å². The Morgan fingerprint density at radius 3 is 2.96 bits per heavy atom. The first-order chi connectivity index (χ1) is 11.1. The van der Waals surface area contributed by atoms with Crippen molar-refractivity contribution in [3.63, 3.8) is 0 Å². The highest BCUT2D eigenvalue weighted by atomic mass is 32.2. The van der Waals surface area contributed by atoms with Crippen molar-refractivity contribution < 1.29 is 14.1 Å². The van der Waals surface area contributed by atoms with Gasteiger partial charge >= 0.3 is 0 Å². The molecular weight excluding hydrogens is 308 g/mol. The molecule has 23 heavy (non-hydrogen) atoms. The fourth-order valence-corrected chi connectivity index (χ4v) is 7.50. The highest BCUT2D eigenvalue weighted by Crippen LogP contribution is 2.57. The Hall–Kier alpha value is -1.13. The molecule has 0 aromatic heterocycles. The van der Waals surface area contributed by atoms with E-state index < -0.39 is 16.4 Å². The summed E-state index contributed by atoms with van der Waals surface area (Å²) in [6.07, 6.45) is 5.88. The SMILES string of the molecule is C=C[C@@H]1CC[C@H]2[C@@H]3CCc4ccc(OC)cc4[C@H]3S(=O)C[C@]12O. The molecule has 1 aliphatic heterocycles. The van der Waals surface area contributed by atoms with Gasteiger partial charge in [-0.2, -0.15) is 0 Å². The summed E-state index contributed by atoms with van der Waals surface area (Å²) in [5, 5.41) is 11.3. The molecule has 0 bridgehead atoms. The minimum absolute atomic E-state index is 0.0442. The largest absolute Gasteiger partial charge is 0.497 e. The van der Waals surface area contributed by atoms with E-state index in [2.05, 4.69) is 18.7 Å². The lowest BCUT2D eigenvalue weighted by Crippen LogP contribution is -2.54. The van der Waals surface area contributed by atoms with Gasteiger partial charge in [-0.3, -0.25) is 4.21 Å². The van der Waals surface area contributed by atoms with Crippen LogP contribution in [-0.2, 0) is 17.2 Å². The standard InChI is InChI=1S/C19H24O3S/c1-3-13-6-9-17-15-8-5-12-4-7-14(22-2)10-16(12)18(15)23(21)11-19(13,17)20/h3-4,7,10,13,15,17-18,20H,1,5-6,8-9,11H2,2H3/t13-,15+,17+,18+,19+,23?/m1/s1. The number of aryl methyl sites for hydroxylation is 1. The van der Waals surface area contributed by atoms with Crippen LogP contribution < -0.4 is 4.74 Å². The van der Waals surface area contributed by atoms with E-state index in [1.165, 1.54) is 11.1 Å². The molecule has 0 amide bonds. The fraction of sp³-hybridized carbons (Fsp3) is 0.579. The van der Waals surface area contributed by atoms with E-state index in [1.54, 1.807) is 7.11 Å². The zero-order chi connectivity index (χ0) is 16.2. The van der Waals surface area contributed by atoms with Crippen LogP contribution in [0, 0.1) is 17.8 Å². The molecule has 2 fully saturated rings. The van der Waals surface area contributed by atoms with Crippen LogP contribution >= 0.6 is 0 Å². The van der Waals surface area contributed by atoms with Crippen molar-refractivity contribution in [1.82, 2.24) is 0 Å². The van der Waals surface area contributed by atoms with Gasteiger partial charge in [0.05, 0.1) is 23.7 Å². The van der Waals surface area contributed by atoms with E-state index in [4.69, 9.17) is 4.74 Å². The van der Waals surface area contributed by atoms with E-state index in [-0.39, 0.29) is 17.1 Å². The second-order valence-electron chi connectivity index (χ2n) is 7.23. The average Bonchev–Trinajstić information content (AvgIpc) is 2.89. The average molecular weight is 332 g/mol. The molecule has 1 aromatic carbocycles. The maximum atomic E-state index is 13.1. The predicted molar refractivity (Wildman–Crippen MR) is 91.9 cm³/mol. The van der Waals surface area contributed by atoms with Gasteiger partial charge in [-0.05, 0) is 60.8 Å². The Morgan fingerprint density at radius 2 is 2.22 bits per heavy atom. The van der Waals surface area contributed by atoms with Crippen molar-refractivity contribution in [3.8, 4) is 5.75 Å². The summed E-state index contributed by atoms with van der Waals surface area (Å²) in [6.45, 7) is 3.89. The molecule has 0 spiro atoms. The molecule has 1 N–H and O–H groups in total. The Balaban J connectivity index is 1.77. The molecule has 124 valence electrons. The molecule has 4 heteroatoms. The lowest BCUT2D eigenvalue weighted by molar-refractivity contribution is -0.0318. The number of aliphatic hydroxyl groups is 1. The van der Waals surface area contributed by atoms with Crippen molar-refractivity contribution in [1.29, 1.82) is 0 Å². The van der Waals surface area contributed by atoms with Crippen molar-refractivity contribution in [2.45, 2.75) is 36.5 Å². The first kappa shape index (κ1) is 15.4. The smallest absolute Gasteiger partial charge is 0.119 e. The summed E-state index contributed by atoms with van der Waals surface area (Å²) in [6, 6.07) is 6.17. The van der Waals surface area contributed by atoms with Gasteiger partial charge in [-0.1, -0.05) is 12.1 Å². The first-order valence-corrected chi connectivity index (χ1v) is 9.85. The van der Waals surface area contributed by atoms with Gasteiger partial charge < -0.3 is 9.84 Å². The molecule has 1 saturated carbocycles. The summed E-state index contributed by atoms with van der Waals surface area (Å²) in [5.41, 5.74) is 1.66. The van der Waals surface area contributed by atoms with Crippen LogP contribution in [0.1, 0.15) is 35.6 Å². The van der Waals surface area contributed by atoms with Crippen molar-refractivity contribution in [2.75, 3.05) is 12.9 Å². The third-order valence-corrected chi connectivity index (χ3v) is 8.24. The van der Waals surface area contributed by atoms with Gasteiger partial charge in [-0.15, -0.1) is 6.58 Å². The van der Waals surface area contributed by atoms with E-state index in [0.717, 1.165) is 31.4 Å². The normalized spacial score (nSPS) is 41.6. The summed E-state index contributed by atoms with van der Waals surface area (Å²) in [7, 11) is 0.617. The molecule has 4 rings (SSSR count). The number of fused-ring (bicyclic) bond motifs is 5. The monoisotopic (exact) mass is 332 g/mol. The molecule has 1 unspecified atom stereocenters. The maximum absolute atomic E-state index is 13.1. The summed E-state index contributed by atoms with van der Waals surface area (Å²) >= 11 is 0. The number of methoxy groups -OCH3 is 1. The lowest BCUT2D eigenvalue weighted by atomic mass is 9.70. The Morgan fingerprint density at radius 1 is 1.39 bits per heavy atom. The van der Waals surface area contributed by atoms with Crippen molar-refractivity contribution in [2.24, 2.45) is 17.8 Å². The van der Waals surface area contributed by atoms with Gasteiger partial charge in [0.1, 0.15) is 5.75 Å². The zero-order valence-electron chi connectivity index (χ0n) is 13.5. The number of rotatable bonds is 2. The summed E-state index contributed by atoms with van der Waals surface area (Å²) in [4.78, 5) is 0. The number of hydrogen-bond acceptors (Lipinski definition) is 3. The van der Waals surface area contributed by atoms with Gasteiger partial charge in [0, 0.05) is 16.7 Å². The molecule has 1 aromatic rings. The quantitative estimate of drug-likeness (QED) is 0.847. The topological polar surface area (TPSA) is 46.5 Å². The minimum Gasteiger partial charge on any atom is -0.497 e. The molecule has 1 heterocycles. The first-order valence-electron chi connectivity index (χ1n) is 8.47. The molecule has 0 radical (unpaired) electrons. The van der Waals surface area contributed by atoms with Crippen LogP contribution in [0.2, 0.25) is 0 Å². The summed E-state index contributed by atoms with van der Waals surface area (Å²) < 4.78 is 18.5. The second kappa shape index (κ2) is 5.45. The number of benzene rings is 1. The van der Waals surface area contributed by atoms with Gasteiger partial charge in [-0.25, -0.2) is 0 Å². The van der Waals surface area contributed by atoms with E-state index in [0.29, 0.717) is 11.7 Å². The maximum Gasteiger partial charge on any atom is 0.119 e. The van der Waals surface area contributed by atoms with Crippen LogP contribution in [0.3, 0.4) is 0 Å². The van der Waals surface area contributed by atoms with E-state index in [9.17, 15) is 9.32 Å². The minimum atomic E-state index is -1.05. The van der Waals surface area contributed by atoms with Crippen molar-refractivity contribution >= 4 is 10.8 Å². The molecule has 3 aliphatic rings. The molecular formula is C19H24O3S. The molecule has 1 saturated heterocycles. The van der Waals surface area contributed by atoms with Crippen LogP contribution in [-0.4, -0.2) is 27.8 Å². The van der Waals surface area contributed by atoms with Crippen LogP contribution in [0.4, 0.5) is 0 Å².